The first-order valence-electron chi connectivity index (χ1n) is 5.26. The van der Waals surface area contributed by atoms with Crippen molar-refractivity contribution in [2.75, 3.05) is 26.2 Å². The monoisotopic (exact) mass is 236 g/mol. The van der Waals surface area contributed by atoms with E-state index in [4.69, 9.17) is 21.6 Å². The number of halogens is 1. The highest BCUT2D eigenvalue weighted by atomic mass is 35.5. The van der Waals surface area contributed by atoms with Crippen molar-refractivity contribution in [3.8, 4) is 6.07 Å². The van der Waals surface area contributed by atoms with Crippen LogP contribution in [0, 0.1) is 11.3 Å². The van der Waals surface area contributed by atoms with Crippen molar-refractivity contribution in [1.29, 1.82) is 5.26 Å². The molecule has 84 valence electrons. The normalized spacial score (nSPS) is 21.6. The van der Waals surface area contributed by atoms with E-state index in [0.29, 0.717) is 13.2 Å². The second-order valence-corrected chi connectivity index (χ2v) is 4.18. The molecule has 1 aliphatic heterocycles. The van der Waals surface area contributed by atoms with Crippen LogP contribution in [0.15, 0.2) is 24.3 Å². The Balaban J connectivity index is 2.10. The summed E-state index contributed by atoms with van der Waals surface area (Å²) in [5.74, 6) is 0. The topological polar surface area (TPSA) is 36.3 Å². The van der Waals surface area contributed by atoms with E-state index < -0.39 is 0 Å². The zero-order valence-electron chi connectivity index (χ0n) is 8.90. The molecule has 1 heterocycles. The number of nitrogens with zero attached hydrogens (tertiary/aromatic N) is 2. The maximum absolute atomic E-state index is 8.67. The number of hydrogen-bond donors (Lipinski definition) is 0. The van der Waals surface area contributed by atoms with Crippen LogP contribution in [0.4, 0.5) is 0 Å². The molecule has 1 aliphatic rings. The third-order valence-electron chi connectivity index (χ3n) is 2.70. The second-order valence-electron chi connectivity index (χ2n) is 3.77. The first-order valence-corrected chi connectivity index (χ1v) is 5.64. The van der Waals surface area contributed by atoms with E-state index in [2.05, 4.69) is 11.0 Å². The zero-order valence-corrected chi connectivity index (χ0v) is 9.65. The van der Waals surface area contributed by atoms with E-state index in [-0.39, 0.29) is 6.10 Å². The van der Waals surface area contributed by atoms with Gasteiger partial charge in [0.2, 0.25) is 0 Å². The fraction of sp³-hybridized carbons (Fsp3) is 0.417. The molecule has 0 aromatic heterocycles. The summed E-state index contributed by atoms with van der Waals surface area (Å²) < 4.78 is 5.69. The molecule has 0 amide bonds. The number of hydrogen-bond acceptors (Lipinski definition) is 3. The second kappa shape index (κ2) is 5.31. The predicted molar refractivity (Wildman–Crippen MR) is 62.2 cm³/mol. The Bertz CT molecular complexity index is 402. The van der Waals surface area contributed by atoms with Gasteiger partial charge in [-0.1, -0.05) is 29.8 Å². The Hall–Kier alpha value is -1.08. The van der Waals surface area contributed by atoms with Gasteiger partial charge in [-0.15, -0.1) is 0 Å². The summed E-state index contributed by atoms with van der Waals surface area (Å²) in [6.45, 7) is 2.65. The Morgan fingerprint density at radius 3 is 3.06 bits per heavy atom. The zero-order chi connectivity index (χ0) is 11.4. The van der Waals surface area contributed by atoms with Crippen LogP contribution in [0.2, 0.25) is 5.02 Å². The fourth-order valence-electron chi connectivity index (χ4n) is 1.87. The van der Waals surface area contributed by atoms with Gasteiger partial charge in [-0.2, -0.15) is 5.26 Å². The number of ether oxygens (including phenoxy) is 1. The quantitative estimate of drug-likeness (QED) is 0.739. The van der Waals surface area contributed by atoms with Crippen LogP contribution >= 0.6 is 11.6 Å². The smallest absolute Gasteiger partial charge is 0.0967 e. The van der Waals surface area contributed by atoms with Gasteiger partial charge in [0, 0.05) is 23.7 Å². The molecule has 0 radical (unpaired) electrons. The highest BCUT2D eigenvalue weighted by Crippen LogP contribution is 2.27. The van der Waals surface area contributed by atoms with Gasteiger partial charge >= 0.3 is 0 Å². The highest BCUT2D eigenvalue weighted by molar-refractivity contribution is 6.31. The molecule has 1 unspecified atom stereocenters. The molecule has 16 heavy (non-hydrogen) atoms. The Labute approximate surface area is 100 Å². The van der Waals surface area contributed by atoms with Crippen molar-refractivity contribution >= 4 is 11.6 Å². The van der Waals surface area contributed by atoms with E-state index in [1.165, 1.54) is 0 Å². The molecule has 1 fully saturated rings. The minimum Gasteiger partial charge on any atom is -0.371 e. The number of nitriles is 1. The molecule has 0 saturated carbocycles. The molecule has 1 atom stereocenters. The van der Waals surface area contributed by atoms with Crippen LogP contribution in [0.25, 0.3) is 0 Å². The maximum atomic E-state index is 8.67. The van der Waals surface area contributed by atoms with E-state index in [0.717, 1.165) is 23.7 Å². The van der Waals surface area contributed by atoms with Crippen molar-refractivity contribution in [1.82, 2.24) is 4.90 Å². The van der Waals surface area contributed by atoms with Crippen LogP contribution in [0.5, 0.6) is 0 Å². The summed E-state index contributed by atoms with van der Waals surface area (Å²) in [4.78, 5) is 2.08. The van der Waals surface area contributed by atoms with Gasteiger partial charge in [-0.25, -0.2) is 0 Å². The van der Waals surface area contributed by atoms with Gasteiger partial charge in [-0.3, -0.25) is 4.90 Å². The molecule has 1 saturated heterocycles. The van der Waals surface area contributed by atoms with Crippen LogP contribution in [-0.4, -0.2) is 31.1 Å². The first-order chi connectivity index (χ1) is 7.81. The van der Waals surface area contributed by atoms with Gasteiger partial charge in [-0.05, 0) is 6.07 Å². The SMILES string of the molecule is N#CCN1CCOC(c2ccccc2Cl)C1. The van der Waals surface area contributed by atoms with Crippen LogP contribution < -0.4 is 0 Å². The molecular weight excluding hydrogens is 224 g/mol. The van der Waals surface area contributed by atoms with Crippen molar-refractivity contribution in [2.24, 2.45) is 0 Å². The van der Waals surface area contributed by atoms with Gasteiger partial charge < -0.3 is 4.74 Å². The number of rotatable bonds is 2. The summed E-state index contributed by atoms with van der Waals surface area (Å²) in [6.07, 6.45) is -0.0178. The lowest BCUT2D eigenvalue weighted by atomic mass is 10.1. The average molecular weight is 237 g/mol. The third kappa shape index (κ3) is 2.53. The lowest BCUT2D eigenvalue weighted by Crippen LogP contribution is -2.38. The van der Waals surface area contributed by atoms with Gasteiger partial charge in [0.1, 0.15) is 0 Å². The molecule has 0 bridgehead atoms. The molecule has 2 rings (SSSR count). The summed E-state index contributed by atoms with van der Waals surface area (Å²) in [5, 5.41) is 9.40. The van der Waals surface area contributed by atoms with Crippen LogP contribution in [0.3, 0.4) is 0 Å². The van der Waals surface area contributed by atoms with Gasteiger partial charge in [0.15, 0.2) is 0 Å². The van der Waals surface area contributed by atoms with Crippen LogP contribution in [0.1, 0.15) is 11.7 Å². The minimum atomic E-state index is -0.0178. The van der Waals surface area contributed by atoms with Crippen molar-refractivity contribution < 1.29 is 4.74 Å². The Morgan fingerprint density at radius 1 is 1.50 bits per heavy atom. The van der Waals surface area contributed by atoms with Gasteiger partial charge in [0.25, 0.3) is 0 Å². The van der Waals surface area contributed by atoms with Crippen LogP contribution in [-0.2, 0) is 4.74 Å². The molecule has 1 aromatic carbocycles. The molecule has 0 aliphatic carbocycles. The van der Waals surface area contributed by atoms with Crippen molar-refractivity contribution in [3.05, 3.63) is 34.9 Å². The van der Waals surface area contributed by atoms with Gasteiger partial charge in [0.05, 0.1) is 25.3 Å². The average Bonchev–Trinajstić information content (AvgIpc) is 2.30. The first kappa shape index (κ1) is 11.4. The lowest BCUT2D eigenvalue weighted by Gasteiger charge is -2.31. The van der Waals surface area contributed by atoms with E-state index in [9.17, 15) is 0 Å². The van der Waals surface area contributed by atoms with E-state index >= 15 is 0 Å². The standard InChI is InChI=1S/C12H13ClN2O/c13-11-4-2-1-3-10(11)12-9-15(6-5-14)7-8-16-12/h1-4,12H,6-9H2. The maximum Gasteiger partial charge on any atom is 0.0967 e. The Morgan fingerprint density at radius 2 is 2.31 bits per heavy atom. The van der Waals surface area contributed by atoms with E-state index in [1.54, 1.807) is 0 Å². The summed E-state index contributed by atoms with van der Waals surface area (Å²) >= 11 is 6.12. The minimum absolute atomic E-state index is 0.0178. The summed E-state index contributed by atoms with van der Waals surface area (Å²) in [6, 6.07) is 9.86. The van der Waals surface area contributed by atoms with Crippen molar-refractivity contribution in [2.45, 2.75) is 6.10 Å². The fourth-order valence-corrected chi connectivity index (χ4v) is 2.13. The molecule has 3 nitrogen and oxygen atoms in total. The molecule has 4 heteroatoms. The third-order valence-corrected chi connectivity index (χ3v) is 3.04. The Kier molecular flexibility index (Phi) is 3.79. The number of benzene rings is 1. The summed E-state index contributed by atoms with van der Waals surface area (Å²) in [5.41, 5.74) is 1.01. The molecule has 0 N–H and O–H groups in total. The molecular formula is C12H13ClN2O. The highest BCUT2D eigenvalue weighted by Gasteiger charge is 2.22. The molecule has 0 spiro atoms. The number of morpholine rings is 1. The summed E-state index contributed by atoms with van der Waals surface area (Å²) in [7, 11) is 0. The van der Waals surface area contributed by atoms with Crippen molar-refractivity contribution in [3.63, 3.8) is 0 Å². The molecule has 1 aromatic rings. The predicted octanol–water partition coefficient (Wildman–Crippen LogP) is 2.24. The van der Waals surface area contributed by atoms with E-state index in [1.807, 2.05) is 24.3 Å². The largest absolute Gasteiger partial charge is 0.371 e. The lowest BCUT2D eigenvalue weighted by molar-refractivity contribution is -0.0254.